The fourth-order valence-corrected chi connectivity index (χ4v) is 4.09. The Morgan fingerprint density at radius 2 is 1.71 bits per heavy atom. The third kappa shape index (κ3) is 4.25. The zero-order chi connectivity index (χ0) is 16.8. The molecule has 3 atom stereocenters. The number of aliphatic hydroxyl groups is 1. The summed E-state index contributed by atoms with van der Waals surface area (Å²) in [5.41, 5.74) is 2.44. The van der Waals surface area contributed by atoms with Crippen LogP contribution in [0.2, 0.25) is 0 Å². The molecule has 2 aromatic carbocycles. The molecule has 3 unspecified atom stereocenters. The molecule has 2 aromatic rings. The normalized spacial score (nSPS) is 22.6. The van der Waals surface area contributed by atoms with Crippen LogP contribution < -0.4 is 0 Å². The Hall–Kier alpha value is -1.64. The number of aliphatic hydroxyl groups excluding tert-OH is 1. The maximum Gasteiger partial charge on any atom is 0.0793 e. The zero-order valence-corrected chi connectivity index (χ0v) is 14.6. The lowest BCUT2D eigenvalue weighted by Gasteiger charge is -2.29. The summed E-state index contributed by atoms with van der Waals surface area (Å²) in [5.74, 6) is 0.587. The van der Waals surface area contributed by atoms with Gasteiger partial charge in [-0.3, -0.25) is 4.90 Å². The first-order valence-electron chi connectivity index (χ1n) is 9.29. The van der Waals surface area contributed by atoms with Crippen molar-refractivity contribution in [2.24, 2.45) is 5.92 Å². The van der Waals surface area contributed by atoms with Crippen molar-refractivity contribution >= 4 is 0 Å². The quantitative estimate of drug-likeness (QED) is 0.791. The van der Waals surface area contributed by atoms with Crippen LogP contribution in [0, 0.1) is 5.92 Å². The zero-order valence-electron chi connectivity index (χ0n) is 14.6. The van der Waals surface area contributed by atoms with E-state index < -0.39 is 0 Å². The number of likely N-dealkylation sites (tertiary alicyclic amines) is 1. The van der Waals surface area contributed by atoms with E-state index in [9.17, 15) is 5.11 Å². The van der Waals surface area contributed by atoms with Crippen molar-refractivity contribution in [2.75, 3.05) is 6.54 Å². The van der Waals surface area contributed by atoms with Crippen molar-refractivity contribution in [3.05, 3.63) is 71.8 Å². The maximum atomic E-state index is 10.6. The number of rotatable bonds is 7. The highest BCUT2D eigenvalue weighted by Gasteiger charge is 2.34. The van der Waals surface area contributed by atoms with Crippen LogP contribution in [0.5, 0.6) is 0 Å². The molecule has 2 heteroatoms. The van der Waals surface area contributed by atoms with E-state index in [-0.39, 0.29) is 6.10 Å². The van der Waals surface area contributed by atoms with E-state index >= 15 is 0 Å². The topological polar surface area (TPSA) is 23.5 Å². The largest absolute Gasteiger partial charge is 0.388 e. The first kappa shape index (κ1) is 17.2. The minimum atomic E-state index is -0.341. The third-order valence-electron chi connectivity index (χ3n) is 5.32. The predicted octanol–water partition coefficient (Wildman–Crippen LogP) is 4.80. The van der Waals surface area contributed by atoms with Crippen LogP contribution in [-0.2, 0) is 6.54 Å². The van der Waals surface area contributed by atoms with E-state index in [1.807, 2.05) is 30.3 Å². The van der Waals surface area contributed by atoms with Gasteiger partial charge in [-0.25, -0.2) is 0 Å². The molecule has 1 fully saturated rings. The first-order valence-corrected chi connectivity index (χ1v) is 9.29. The van der Waals surface area contributed by atoms with E-state index in [1.165, 1.54) is 24.8 Å². The standard InChI is InChI=1S/C22H29NO/c1-2-9-21-20(16-22(24)19-12-7-4-8-13-19)14-15-23(21)17-18-10-5-3-6-11-18/h3-8,10-13,20-22,24H,2,9,14-17H2,1H3. The summed E-state index contributed by atoms with van der Waals surface area (Å²) < 4.78 is 0. The first-order chi connectivity index (χ1) is 11.8. The molecule has 1 heterocycles. The van der Waals surface area contributed by atoms with Crippen molar-refractivity contribution in [1.29, 1.82) is 0 Å². The summed E-state index contributed by atoms with van der Waals surface area (Å²) in [7, 11) is 0. The molecule has 0 saturated carbocycles. The Labute approximate surface area is 146 Å². The molecule has 1 N–H and O–H groups in total. The van der Waals surface area contributed by atoms with Crippen LogP contribution >= 0.6 is 0 Å². The van der Waals surface area contributed by atoms with Crippen LogP contribution in [0.3, 0.4) is 0 Å². The molecule has 0 spiro atoms. The lowest BCUT2D eigenvalue weighted by atomic mass is 9.89. The summed E-state index contributed by atoms with van der Waals surface area (Å²) in [5, 5.41) is 10.6. The van der Waals surface area contributed by atoms with Gasteiger partial charge in [0.1, 0.15) is 0 Å². The van der Waals surface area contributed by atoms with E-state index in [0.717, 1.165) is 25.1 Å². The van der Waals surface area contributed by atoms with Gasteiger partial charge < -0.3 is 5.11 Å². The Morgan fingerprint density at radius 3 is 2.38 bits per heavy atom. The van der Waals surface area contributed by atoms with Gasteiger partial charge in [-0.15, -0.1) is 0 Å². The Morgan fingerprint density at radius 1 is 1.04 bits per heavy atom. The second kappa shape index (κ2) is 8.46. The second-order valence-corrected chi connectivity index (χ2v) is 7.02. The summed E-state index contributed by atoms with van der Waals surface area (Å²) >= 11 is 0. The maximum absolute atomic E-state index is 10.6. The fraction of sp³-hybridized carbons (Fsp3) is 0.455. The Balaban J connectivity index is 1.65. The Kier molecular flexibility index (Phi) is 6.06. The van der Waals surface area contributed by atoms with Crippen molar-refractivity contribution in [3.8, 4) is 0 Å². The average molecular weight is 323 g/mol. The second-order valence-electron chi connectivity index (χ2n) is 7.02. The van der Waals surface area contributed by atoms with Crippen molar-refractivity contribution in [2.45, 2.75) is 51.3 Å². The van der Waals surface area contributed by atoms with E-state index in [1.54, 1.807) is 0 Å². The van der Waals surface area contributed by atoms with Crippen LogP contribution in [0.15, 0.2) is 60.7 Å². The summed E-state index contributed by atoms with van der Waals surface area (Å²) in [6.07, 6.45) is 4.15. The van der Waals surface area contributed by atoms with Gasteiger partial charge in [0.05, 0.1) is 6.10 Å². The van der Waals surface area contributed by atoms with Crippen molar-refractivity contribution in [1.82, 2.24) is 4.90 Å². The lowest BCUT2D eigenvalue weighted by Crippen LogP contribution is -2.32. The molecule has 0 amide bonds. The predicted molar refractivity (Wildman–Crippen MR) is 99.7 cm³/mol. The van der Waals surface area contributed by atoms with Gasteiger partial charge in [-0.2, -0.15) is 0 Å². The monoisotopic (exact) mass is 323 g/mol. The minimum Gasteiger partial charge on any atom is -0.388 e. The highest BCUT2D eigenvalue weighted by molar-refractivity contribution is 5.18. The van der Waals surface area contributed by atoms with Gasteiger partial charge in [0.15, 0.2) is 0 Å². The molecule has 1 aliphatic heterocycles. The molecule has 128 valence electrons. The van der Waals surface area contributed by atoms with Crippen molar-refractivity contribution < 1.29 is 5.11 Å². The van der Waals surface area contributed by atoms with Crippen LogP contribution in [0.4, 0.5) is 0 Å². The van der Waals surface area contributed by atoms with Gasteiger partial charge in [-0.1, -0.05) is 74.0 Å². The van der Waals surface area contributed by atoms with Gasteiger partial charge in [0.2, 0.25) is 0 Å². The molecular formula is C22H29NO. The minimum absolute atomic E-state index is 0.341. The van der Waals surface area contributed by atoms with Crippen LogP contribution in [0.25, 0.3) is 0 Å². The fourth-order valence-electron chi connectivity index (χ4n) is 4.09. The van der Waals surface area contributed by atoms with Gasteiger partial charge in [0, 0.05) is 12.6 Å². The van der Waals surface area contributed by atoms with Gasteiger partial charge >= 0.3 is 0 Å². The average Bonchev–Trinajstić information content (AvgIpc) is 2.99. The number of benzene rings is 2. The molecule has 2 nitrogen and oxygen atoms in total. The van der Waals surface area contributed by atoms with E-state index in [4.69, 9.17) is 0 Å². The molecule has 1 saturated heterocycles. The summed E-state index contributed by atoms with van der Waals surface area (Å²) in [6.45, 7) is 4.44. The molecular weight excluding hydrogens is 294 g/mol. The molecule has 0 aliphatic carbocycles. The van der Waals surface area contributed by atoms with E-state index in [0.29, 0.717) is 12.0 Å². The number of nitrogens with zero attached hydrogens (tertiary/aromatic N) is 1. The van der Waals surface area contributed by atoms with Crippen LogP contribution in [0.1, 0.15) is 49.8 Å². The van der Waals surface area contributed by atoms with Crippen LogP contribution in [-0.4, -0.2) is 22.6 Å². The highest BCUT2D eigenvalue weighted by Crippen LogP contribution is 2.35. The summed E-state index contributed by atoms with van der Waals surface area (Å²) in [6, 6.07) is 21.5. The summed E-state index contributed by atoms with van der Waals surface area (Å²) in [4.78, 5) is 2.63. The lowest BCUT2D eigenvalue weighted by molar-refractivity contribution is 0.121. The van der Waals surface area contributed by atoms with Gasteiger partial charge in [0.25, 0.3) is 0 Å². The molecule has 1 aliphatic rings. The molecule has 24 heavy (non-hydrogen) atoms. The third-order valence-corrected chi connectivity index (χ3v) is 5.32. The SMILES string of the molecule is CCCC1C(CC(O)c2ccccc2)CCN1Cc1ccccc1. The molecule has 3 rings (SSSR count). The van der Waals surface area contributed by atoms with Crippen molar-refractivity contribution in [3.63, 3.8) is 0 Å². The van der Waals surface area contributed by atoms with E-state index in [2.05, 4.69) is 42.2 Å². The smallest absolute Gasteiger partial charge is 0.0793 e. The molecule has 0 bridgehead atoms. The highest BCUT2D eigenvalue weighted by atomic mass is 16.3. The molecule has 0 aromatic heterocycles. The van der Waals surface area contributed by atoms with Gasteiger partial charge in [-0.05, 0) is 42.9 Å². The Bertz CT molecular complexity index is 598. The number of hydrogen-bond donors (Lipinski definition) is 1. The molecule has 0 radical (unpaired) electrons. The number of hydrogen-bond acceptors (Lipinski definition) is 2.